The summed E-state index contributed by atoms with van der Waals surface area (Å²) in [5, 5.41) is 2.89. The summed E-state index contributed by atoms with van der Waals surface area (Å²) in [7, 11) is -3.48. The van der Waals surface area contributed by atoms with Crippen molar-refractivity contribution in [1.29, 1.82) is 0 Å². The second kappa shape index (κ2) is 9.87. The molecule has 0 radical (unpaired) electrons. The van der Waals surface area contributed by atoms with Gasteiger partial charge in [0.1, 0.15) is 0 Å². The van der Waals surface area contributed by atoms with Gasteiger partial charge in [0.25, 0.3) is 0 Å². The SMILES string of the molecule is Cl.NCCCNC(=O)C1CCN(S(=O)(=O)c2ccc3c(c2)CCCC3)CC1. The van der Waals surface area contributed by atoms with E-state index in [2.05, 4.69) is 5.32 Å². The molecule has 3 rings (SSSR count). The predicted octanol–water partition coefficient (Wildman–Crippen LogP) is 1.85. The minimum Gasteiger partial charge on any atom is -0.356 e. The molecule has 0 saturated carbocycles. The molecule has 1 aliphatic heterocycles. The largest absolute Gasteiger partial charge is 0.356 e. The molecule has 0 atom stereocenters. The minimum absolute atomic E-state index is 0. The van der Waals surface area contributed by atoms with Crippen LogP contribution in [0, 0.1) is 5.92 Å². The molecule has 2 aliphatic rings. The Bertz CT molecular complexity index is 747. The van der Waals surface area contributed by atoms with Crippen molar-refractivity contribution in [3.05, 3.63) is 29.3 Å². The fraction of sp³-hybridized carbons (Fsp3) is 0.632. The van der Waals surface area contributed by atoms with Crippen LogP contribution < -0.4 is 11.1 Å². The van der Waals surface area contributed by atoms with E-state index in [1.54, 1.807) is 6.07 Å². The van der Waals surface area contributed by atoms with Gasteiger partial charge in [-0.2, -0.15) is 4.31 Å². The van der Waals surface area contributed by atoms with E-state index in [0.29, 0.717) is 43.9 Å². The Morgan fingerprint density at radius 3 is 2.48 bits per heavy atom. The third-order valence-electron chi connectivity index (χ3n) is 5.46. The quantitative estimate of drug-likeness (QED) is 0.693. The molecule has 0 spiro atoms. The Labute approximate surface area is 168 Å². The summed E-state index contributed by atoms with van der Waals surface area (Å²) in [6, 6.07) is 5.57. The lowest BCUT2D eigenvalue weighted by atomic mass is 9.92. The molecule has 1 aliphatic carbocycles. The highest BCUT2D eigenvalue weighted by atomic mass is 35.5. The normalized spacial score (nSPS) is 18.4. The van der Waals surface area contributed by atoms with E-state index in [0.717, 1.165) is 25.7 Å². The third-order valence-corrected chi connectivity index (χ3v) is 7.36. The molecule has 152 valence electrons. The van der Waals surface area contributed by atoms with Crippen LogP contribution in [-0.4, -0.2) is 44.8 Å². The standard InChI is InChI=1S/C19H29N3O3S.ClH/c20-10-3-11-21-19(23)16-8-12-22(13-9-16)26(24,25)18-7-6-15-4-1-2-5-17(15)14-18;/h6-7,14,16H,1-5,8-13,20H2,(H,21,23);1H. The number of benzene rings is 1. The average Bonchev–Trinajstić information content (AvgIpc) is 2.67. The molecule has 0 unspecified atom stereocenters. The molecule has 6 nitrogen and oxygen atoms in total. The van der Waals surface area contributed by atoms with Crippen molar-refractivity contribution in [3.8, 4) is 0 Å². The summed E-state index contributed by atoms with van der Waals surface area (Å²) in [6.45, 7) is 1.93. The monoisotopic (exact) mass is 415 g/mol. The number of hydrogen-bond acceptors (Lipinski definition) is 4. The van der Waals surface area contributed by atoms with E-state index in [4.69, 9.17) is 5.73 Å². The first-order chi connectivity index (χ1) is 12.5. The van der Waals surface area contributed by atoms with Gasteiger partial charge in [-0.15, -0.1) is 12.4 Å². The molecule has 1 heterocycles. The summed E-state index contributed by atoms with van der Waals surface area (Å²) < 4.78 is 27.5. The number of nitrogens with zero attached hydrogens (tertiary/aromatic N) is 1. The van der Waals surface area contributed by atoms with Gasteiger partial charge in [0.15, 0.2) is 0 Å². The second-order valence-corrected chi connectivity index (χ2v) is 9.19. The van der Waals surface area contributed by atoms with Crippen molar-refractivity contribution in [2.75, 3.05) is 26.2 Å². The van der Waals surface area contributed by atoms with E-state index in [1.165, 1.54) is 21.9 Å². The molecule has 1 aromatic carbocycles. The molecule has 27 heavy (non-hydrogen) atoms. The zero-order valence-electron chi connectivity index (χ0n) is 15.7. The number of halogens is 1. The average molecular weight is 416 g/mol. The number of nitrogens with one attached hydrogen (secondary N) is 1. The highest BCUT2D eigenvalue weighted by Crippen LogP contribution is 2.28. The van der Waals surface area contributed by atoms with Crippen molar-refractivity contribution < 1.29 is 13.2 Å². The maximum Gasteiger partial charge on any atom is 0.243 e. The van der Waals surface area contributed by atoms with Crippen LogP contribution in [0.5, 0.6) is 0 Å². The first kappa shape index (κ1) is 22.1. The smallest absolute Gasteiger partial charge is 0.243 e. The van der Waals surface area contributed by atoms with E-state index in [9.17, 15) is 13.2 Å². The Balaban J connectivity index is 0.00000261. The van der Waals surface area contributed by atoms with Crippen LogP contribution in [0.1, 0.15) is 43.2 Å². The molecule has 1 saturated heterocycles. The molecular weight excluding hydrogens is 386 g/mol. The summed E-state index contributed by atoms with van der Waals surface area (Å²) >= 11 is 0. The third kappa shape index (κ3) is 5.22. The fourth-order valence-corrected chi connectivity index (χ4v) is 5.36. The number of piperidine rings is 1. The van der Waals surface area contributed by atoms with Crippen LogP contribution in [0.15, 0.2) is 23.1 Å². The Kier molecular flexibility index (Phi) is 8.09. The summed E-state index contributed by atoms with van der Waals surface area (Å²) in [4.78, 5) is 12.5. The number of rotatable bonds is 6. The number of sulfonamides is 1. The van der Waals surface area contributed by atoms with Crippen molar-refractivity contribution >= 4 is 28.3 Å². The fourth-order valence-electron chi connectivity index (χ4n) is 3.84. The molecule has 0 aromatic heterocycles. The van der Waals surface area contributed by atoms with Gasteiger partial charge in [0.2, 0.25) is 15.9 Å². The first-order valence-electron chi connectivity index (χ1n) is 9.62. The van der Waals surface area contributed by atoms with Crippen LogP contribution in [0.25, 0.3) is 0 Å². The van der Waals surface area contributed by atoms with Gasteiger partial charge in [-0.3, -0.25) is 4.79 Å². The number of aryl methyl sites for hydroxylation is 2. The molecule has 1 aromatic rings. The van der Waals surface area contributed by atoms with Crippen LogP contribution in [0.4, 0.5) is 0 Å². The zero-order chi connectivity index (χ0) is 18.6. The van der Waals surface area contributed by atoms with Crippen molar-refractivity contribution in [2.24, 2.45) is 11.7 Å². The number of amides is 1. The van der Waals surface area contributed by atoms with Crippen molar-refractivity contribution in [2.45, 2.75) is 49.8 Å². The highest BCUT2D eigenvalue weighted by Gasteiger charge is 2.32. The van der Waals surface area contributed by atoms with Gasteiger partial charge in [0.05, 0.1) is 4.90 Å². The lowest BCUT2D eigenvalue weighted by Gasteiger charge is -2.31. The van der Waals surface area contributed by atoms with E-state index >= 15 is 0 Å². The number of carbonyl (C=O) groups is 1. The van der Waals surface area contributed by atoms with Crippen LogP contribution in [0.3, 0.4) is 0 Å². The maximum absolute atomic E-state index is 13.0. The number of carbonyl (C=O) groups excluding carboxylic acids is 1. The van der Waals surface area contributed by atoms with Gasteiger partial charge in [-0.25, -0.2) is 8.42 Å². The van der Waals surface area contributed by atoms with Gasteiger partial charge < -0.3 is 11.1 Å². The molecule has 8 heteroatoms. The van der Waals surface area contributed by atoms with Gasteiger partial charge >= 0.3 is 0 Å². The topological polar surface area (TPSA) is 92.5 Å². The van der Waals surface area contributed by atoms with Gasteiger partial charge in [-0.05, 0) is 74.8 Å². The second-order valence-electron chi connectivity index (χ2n) is 7.25. The summed E-state index contributed by atoms with van der Waals surface area (Å²) in [6.07, 6.45) is 6.21. The minimum atomic E-state index is -3.48. The predicted molar refractivity (Wildman–Crippen MR) is 108 cm³/mol. The number of fused-ring (bicyclic) bond motifs is 1. The van der Waals surface area contributed by atoms with E-state index in [-0.39, 0.29) is 24.2 Å². The molecule has 0 bridgehead atoms. The van der Waals surface area contributed by atoms with E-state index < -0.39 is 10.0 Å². The zero-order valence-corrected chi connectivity index (χ0v) is 17.3. The molecular formula is C19H30ClN3O3S. The lowest BCUT2D eigenvalue weighted by Crippen LogP contribution is -2.43. The number of hydrogen-bond donors (Lipinski definition) is 2. The number of nitrogens with two attached hydrogens (primary N) is 1. The highest BCUT2D eigenvalue weighted by molar-refractivity contribution is 7.89. The summed E-state index contributed by atoms with van der Waals surface area (Å²) in [5.41, 5.74) is 7.89. The Morgan fingerprint density at radius 2 is 1.81 bits per heavy atom. The maximum atomic E-state index is 13.0. The van der Waals surface area contributed by atoms with Crippen molar-refractivity contribution in [3.63, 3.8) is 0 Å². The first-order valence-corrected chi connectivity index (χ1v) is 11.1. The Morgan fingerprint density at radius 1 is 1.15 bits per heavy atom. The molecule has 3 N–H and O–H groups in total. The summed E-state index contributed by atoms with van der Waals surface area (Å²) in [5.74, 6) is -0.0907. The molecule has 1 amide bonds. The van der Waals surface area contributed by atoms with Crippen molar-refractivity contribution in [1.82, 2.24) is 9.62 Å². The van der Waals surface area contributed by atoms with Crippen LogP contribution >= 0.6 is 12.4 Å². The Hall–Kier alpha value is -1.15. The van der Waals surface area contributed by atoms with Crippen LogP contribution in [-0.2, 0) is 27.7 Å². The van der Waals surface area contributed by atoms with Crippen LogP contribution in [0.2, 0.25) is 0 Å². The van der Waals surface area contributed by atoms with Gasteiger partial charge in [-0.1, -0.05) is 6.07 Å². The van der Waals surface area contributed by atoms with E-state index in [1.807, 2.05) is 12.1 Å². The molecule has 1 fully saturated rings. The van der Waals surface area contributed by atoms with Gasteiger partial charge in [0, 0.05) is 25.6 Å². The lowest BCUT2D eigenvalue weighted by molar-refractivity contribution is -0.126.